The average molecular weight is 252 g/mol. The third-order valence-electron chi connectivity index (χ3n) is 3.38. The molecule has 0 spiro atoms. The summed E-state index contributed by atoms with van der Waals surface area (Å²) in [4.78, 5) is 0. The summed E-state index contributed by atoms with van der Waals surface area (Å²) in [5.41, 5.74) is 10.2. The van der Waals surface area contributed by atoms with Gasteiger partial charge >= 0.3 is 0 Å². The highest BCUT2D eigenvalue weighted by Crippen LogP contribution is 2.16. The minimum atomic E-state index is 0.868. The molecule has 0 aliphatic rings. The molecule has 0 fully saturated rings. The number of nitrogen functional groups attached to an aromatic ring is 1. The van der Waals surface area contributed by atoms with Gasteiger partial charge in [-0.1, -0.05) is 36.4 Å². The van der Waals surface area contributed by atoms with Crippen molar-refractivity contribution in [3.05, 3.63) is 65.9 Å². The van der Waals surface area contributed by atoms with E-state index in [1.165, 1.54) is 16.6 Å². The lowest BCUT2D eigenvalue weighted by atomic mass is 10.2. The number of aryl methyl sites for hydroxylation is 3. The molecule has 0 saturated carbocycles. The fourth-order valence-corrected chi connectivity index (χ4v) is 2.01. The maximum absolute atomic E-state index is 5.52. The molecule has 3 rings (SSSR count). The van der Waals surface area contributed by atoms with Crippen molar-refractivity contribution in [2.24, 2.45) is 7.05 Å². The van der Waals surface area contributed by atoms with E-state index in [-0.39, 0.29) is 0 Å². The Labute approximate surface area is 114 Å². The van der Waals surface area contributed by atoms with E-state index in [4.69, 9.17) is 5.73 Å². The first-order valence-corrected chi connectivity index (χ1v) is 6.42. The molecule has 2 N–H and O–H groups in total. The summed E-state index contributed by atoms with van der Waals surface area (Å²) in [6, 6.07) is 18.4. The molecule has 0 unspecified atom stereocenters. The van der Waals surface area contributed by atoms with Gasteiger partial charge in [-0.05, 0) is 43.0 Å². The van der Waals surface area contributed by atoms with Crippen LogP contribution in [0.15, 0.2) is 54.6 Å². The normalized spacial score (nSPS) is 10.1. The lowest BCUT2D eigenvalue weighted by Crippen LogP contribution is -1.88. The van der Waals surface area contributed by atoms with Gasteiger partial charge in [0.05, 0.1) is 0 Å². The van der Waals surface area contributed by atoms with Gasteiger partial charge in [-0.15, -0.1) is 0 Å². The largest absolute Gasteiger partial charge is 0.399 e. The van der Waals surface area contributed by atoms with Crippen LogP contribution in [0.5, 0.6) is 0 Å². The van der Waals surface area contributed by atoms with Gasteiger partial charge in [0, 0.05) is 23.9 Å². The zero-order chi connectivity index (χ0) is 13.8. The summed E-state index contributed by atoms with van der Waals surface area (Å²) in [5, 5.41) is 1.33. The highest BCUT2D eigenvalue weighted by molar-refractivity contribution is 5.80. The van der Waals surface area contributed by atoms with Crippen LogP contribution in [0, 0.1) is 13.8 Å². The van der Waals surface area contributed by atoms with Crippen LogP contribution in [0.1, 0.15) is 11.3 Å². The van der Waals surface area contributed by atoms with Gasteiger partial charge in [0.2, 0.25) is 0 Å². The summed E-state index contributed by atoms with van der Waals surface area (Å²) in [6.45, 7) is 4.12. The molecule has 1 aromatic heterocycles. The Morgan fingerprint density at radius 1 is 0.895 bits per heavy atom. The number of nitrogens with two attached hydrogens (primary N) is 1. The average Bonchev–Trinajstić information content (AvgIpc) is 2.70. The summed E-state index contributed by atoms with van der Waals surface area (Å²) in [6.07, 6.45) is 0. The van der Waals surface area contributed by atoms with Gasteiger partial charge in [-0.2, -0.15) is 0 Å². The van der Waals surface area contributed by atoms with Crippen LogP contribution < -0.4 is 5.73 Å². The number of fused-ring (bicyclic) bond motifs is 1. The number of anilines is 1. The van der Waals surface area contributed by atoms with E-state index < -0.39 is 0 Å². The third kappa shape index (κ3) is 2.97. The molecule has 1 heterocycles. The van der Waals surface area contributed by atoms with Crippen molar-refractivity contribution in [1.82, 2.24) is 4.57 Å². The Morgan fingerprint density at radius 3 is 2.11 bits per heavy atom. The monoisotopic (exact) mass is 252 g/mol. The van der Waals surface area contributed by atoms with Crippen molar-refractivity contribution >= 4 is 16.6 Å². The second-order valence-electron chi connectivity index (χ2n) is 4.76. The molecule has 2 nitrogen and oxygen atoms in total. The maximum atomic E-state index is 5.52. The predicted molar refractivity (Wildman–Crippen MR) is 83.2 cm³/mol. The number of nitrogens with zero attached hydrogens (tertiary/aromatic N) is 1. The molecule has 0 amide bonds. The van der Waals surface area contributed by atoms with Gasteiger partial charge in [-0.3, -0.25) is 0 Å². The number of hydrogen-bond donors (Lipinski definition) is 1. The number of rotatable bonds is 0. The van der Waals surface area contributed by atoms with E-state index in [9.17, 15) is 0 Å². The van der Waals surface area contributed by atoms with Crippen LogP contribution in [0.2, 0.25) is 0 Å². The molecule has 0 atom stereocenters. The van der Waals surface area contributed by atoms with E-state index in [1.54, 1.807) is 0 Å². The van der Waals surface area contributed by atoms with Crippen LogP contribution in [-0.2, 0) is 7.05 Å². The van der Waals surface area contributed by atoms with Gasteiger partial charge < -0.3 is 10.3 Å². The molecule has 98 valence electrons. The van der Waals surface area contributed by atoms with Crippen LogP contribution in [-0.4, -0.2) is 4.57 Å². The van der Waals surface area contributed by atoms with E-state index in [0.29, 0.717) is 0 Å². The molecule has 2 aromatic carbocycles. The lowest BCUT2D eigenvalue weighted by Gasteiger charge is -1.96. The van der Waals surface area contributed by atoms with E-state index in [0.717, 1.165) is 11.3 Å². The molecule has 0 saturated heterocycles. The van der Waals surface area contributed by atoms with Crippen molar-refractivity contribution in [2.45, 2.75) is 13.8 Å². The minimum absolute atomic E-state index is 0.868. The minimum Gasteiger partial charge on any atom is -0.399 e. The number of aromatic nitrogens is 1. The van der Waals surface area contributed by atoms with Crippen LogP contribution >= 0.6 is 0 Å². The van der Waals surface area contributed by atoms with Crippen LogP contribution in [0.25, 0.3) is 10.9 Å². The molecule has 0 bridgehead atoms. The summed E-state index contributed by atoms with van der Waals surface area (Å²) in [5.74, 6) is 0. The summed E-state index contributed by atoms with van der Waals surface area (Å²) < 4.78 is 2.20. The molecule has 0 aliphatic carbocycles. The highest BCUT2D eigenvalue weighted by Gasteiger charge is 1.98. The molecular formula is C17H20N2. The molecular weight excluding hydrogens is 232 g/mol. The van der Waals surface area contributed by atoms with Gasteiger partial charge in [0.15, 0.2) is 0 Å². The van der Waals surface area contributed by atoms with Gasteiger partial charge in [0.25, 0.3) is 0 Å². The number of hydrogen-bond acceptors (Lipinski definition) is 1. The molecule has 0 aliphatic heterocycles. The zero-order valence-electron chi connectivity index (χ0n) is 11.7. The second-order valence-corrected chi connectivity index (χ2v) is 4.76. The summed E-state index contributed by atoms with van der Waals surface area (Å²) >= 11 is 0. The standard InChI is InChI=1S/C10H11N.C7H9N/c1-8-7-9-5-3-4-6-10(9)11(8)2;1-6-4-2-3-5-7(6)8/h3-7H,1-2H3;2-5H,8H2,1H3. The first-order chi connectivity index (χ1) is 9.09. The Balaban J connectivity index is 0.000000148. The molecule has 2 heteroatoms. The Morgan fingerprint density at radius 2 is 1.53 bits per heavy atom. The highest BCUT2D eigenvalue weighted by atomic mass is 14.9. The van der Waals surface area contributed by atoms with Gasteiger partial charge in [0.1, 0.15) is 0 Å². The SMILES string of the molecule is Cc1cc2ccccc2n1C.Cc1ccccc1N. The zero-order valence-corrected chi connectivity index (χ0v) is 11.7. The maximum Gasteiger partial charge on any atom is 0.0479 e. The van der Waals surface area contributed by atoms with Crippen molar-refractivity contribution in [2.75, 3.05) is 5.73 Å². The third-order valence-corrected chi connectivity index (χ3v) is 3.38. The first kappa shape index (κ1) is 13.2. The fraction of sp³-hybridized carbons (Fsp3) is 0.176. The van der Waals surface area contributed by atoms with Crippen LogP contribution in [0.4, 0.5) is 5.69 Å². The first-order valence-electron chi connectivity index (χ1n) is 6.42. The molecule has 3 aromatic rings. The van der Waals surface area contributed by atoms with Gasteiger partial charge in [-0.25, -0.2) is 0 Å². The Hall–Kier alpha value is -2.22. The van der Waals surface area contributed by atoms with Crippen molar-refractivity contribution < 1.29 is 0 Å². The van der Waals surface area contributed by atoms with E-state index in [2.05, 4.69) is 48.9 Å². The quantitative estimate of drug-likeness (QED) is 0.601. The Kier molecular flexibility index (Phi) is 3.91. The Bertz CT molecular complexity index is 660. The van der Waals surface area contributed by atoms with Crippen molar-refractivity contribution in [1.29, 1.82) is 0 Å². The lowest BCUT2D eigenvalue weighted by molar-refractivity contribution is 0.918. The number of para-hydroxylation sites is 2. The summed E-state index contributed by atoms with van der Waals surface area (Å²) in [7, 11) is 2.09. The molecule has 19 heavy (non-hydrogen) atoms. The van der Waals surface area contributed by atoms with Crippen molar-refractivity contribution in [3.8, 4) is 0 Å². The van der Waals surface area contributed by atoms with Crippen molar-refractivity contribution in [3.63, 3.8) is 0 Å². The topological polar surface area (TPSA) is 30.9 Å². The molecule has 0 radical (unpaired) electrons. The second kappa shape index (κ2) is 5.61. The van der Waals surface area contributed by atoms with Crippen LogP contribution in [0.3, 0.4) is 0 Å². The van der Waals surface area contributed by atoms with E-state index >= 15 is 0 Å². The van der Waals surface area contributed by atoms with E-state index in [1.807, 2.05) is 31.2 Å². The smallest absolute Gasteiger partial charge is 0.0479 e. The predicted octanol–water partition coefficient (Wildman–Crippen LogP) is 4.06. The fourth-order valence-electron chi connectivity index (χ4n) is 2.01. The number of benzene rings is 2.